The van der Waals surface area contributed by atoms with Crippen molar-refractivity contribution in [1.82, 2.24) is 15.1 Å². The molecule has 1 aromatic carbocycles. The van der Waals surface area contributed by atoms with Crippen LogP contribution in [0.15, 0.2) is 24.3 Å². The Kier molecular flexibility index (Phi) is 6.83. The van der Waals surface area contributed by atoms with Gasteiger partial charge in [0.2, 0.25) is 5.91 Å². The number of amides is 1. The predicted molar refractivity (Wildman–Crippen MR) is 111 cm³/mol. The van der Waals surface area contributed by atoms with Crippen LogP contribution in [-0.4, -0.2) is 66.7 Å². The molecule has 5 nitrogen and oxygen atoms in total. The lowest BCUT2D eigenvalue weighted by molar-refractivity contribution is -0.141. The van der Waals surface area contributed by atoms with Crippen LogP contribution in [-0.2, 0) is 16.1 Å². The van der Waals surface area contributed by atoms with Crippen molar-refractivity contribution < 1.29 is 13.9 Å². The Labute approximate surface area is 173 Å². The van der Waals surface area contributed by atoms with E-state index in [1.807, 2.05) is 12.1 Å². The van der Waals surface area contributed by atoms with Crippen molar-refractivity contribution in [1.29, 1.82) is 0 Å². The van der Waals surface area contributed by atoms with Crippen LogP contribution in [0.2, 0.25) is 0 Å². The van der Waals surface area contributed by atoms with Crippen LogP contribution in [0.3, 0.4) is 0 Å². The average molecular weight is 404 g/mol. The summed E-state index contributed by atoms with van der Waals surface area (Å²) in [5.41, 5.74) is 0.368. The third-order valence-electron chi connectivity index (χ3n) is 6.91. The first kappa shape index (κ1) is 20.8. The quantitative estimate of drug-likeness (QED) is 0.821. The fourth-order valence-corrected chi connectivity index (χ4v) is 5.32. The van der Waals surface area contributed by atoms with Crippen LogP contribution in [0.25, 0.3) is 0 Å². The van der Waals surface area contributed by atoms with Crippen LogP contribution in [0.4, 0.5) is 4.39 Å². The van der Waals surface area contributed by atoms with E-state index in [9.17, 15) is 9.18 Å². The molecular weight excluding hydrogens is 369 g/mol. The van der Waals surface area contributed by atoms with E-state index in [1.165, 1.54) is 12.5 Å². The standard InChI is InChI=1S/C23H34FN3O2/c24-21-9-3-2-7-19(21)17-26-12-6-8-20(18-26)25-22(28)23(10-4-1-5-11-23)27-13-15-29-16-14-27/h2-3,7,9,20H,1,4-6,8,10-18H2,(H,25,28). The predicted octanol–water partition coefficient (Wildman–Crippen LogP) is 2.94. The second kappa shape index (κ2) is 9.54. The number of hydrogen-bond donors (Lipinski definition) is 1. The summed E-state index contributed by atoms with van der Waals surface area (Å²) < 4.78 is 19.6. The van der Waals surface area contributed by atoms with Gasteiger partial charge in [-0.25, -0.2) is 4.39 Å². The van der Waals surface area contributed by atoms with Gasteiger partial charge in [0.05, 0.1) is 13.2 Å². The number of nitrogens with one attached hydrogen (secondary N) is 1. The highest BCUT2D eigenvalue weighted by molar-refractivity contribution is 5.86. The van der Waals surface area contributed by atoms with Crippen LogP contribution in [0.5, 0.6) is 0 Å². The molecule has 29 heavy (non-hydrogen) atoms. The molecule has 1 saturated carbocycles. The number of ether oxygens (including phenoxy) is 1. The average Bonchev–Trinajstić information content (AvgIpc) is 2.77. The van der Waals surface area contributed by atoms with Crippen molar-refractivity contribution in [2.45, 2.75) is 63.1 Å². The smallest absolute Gasteiger partial charge is 0.240 e. The third-order valence-corrected chi connectivity index (χ3v) is 6.91. The fraction of sp³-hybridized carbons (Fsp3) is 0.696. The maximum Gasteiger partial charge on any atom is 0.240 e. The van der Waals surface area contributed by atoms with Crippen LogP contribution < -0.4 is 5.32 Å². The normalized spacial score (nSPS) is 26.2. The fourth-order valence-electron chi connectivity index (χ4n) is 5.32. The molecule has 0 bridgehead atoms. The minimum atomic E-state index is -0.365. The molecule has 1 amide bonds. The first-order valence-corrected chi connectivity index (χ1v) is 11.3. The summed E-state index contributed by atoms with van der Waals surface area (Å²) in [7, 11) is 0. The van der Waals surface area contributed by atoms with E-state index in [-0.39, 0.29) is 23.3 Å². The molecule has 1 unspecified atom stereocenters. The summed E-state index contributed by atoms with van der Waals surface area (Å²) in [6.07, 6.45) is 7.39. The molecule has 1 aromatic rings. The van der Waals surface area contributed by atoms with Gasteiger partial charge in [-0.15, -0.1) is 0 Å². The summed E-state index contributed by atoms with van der Waals surface area (Å²) in [5, 5.41) is 3.40. The number of halogens is 1. The number of carbonyl (C=O) groups excluding carboxylic acids is 1. The summed E-state index contributed by atoms with van der Waals surface area (Å²) in [6.45, 7) is 5.47. The van der Waals surface area contributed by atoms with Gasteiger partial charge in [-0.2, -0.15) is 0 Å². The van der Waals surface area contributed by atoms with Crippen molar-refractivity contribution in [2.75, 3.05) is 39.4 Å². The molecule has 0 spiro atoms. The van der Waals surface area contributed by atoms with Gasteiger partial charge in [0, 0.05) is 37.8 Å². The van der Waals surface area contributed by atoms with Crippen molar-refractivity contribution in [3.63, 3.8) is 0 Å². The number of likely N-dealkylation sites (tertiary alicyclic amines) is 1. The van der Waals surface area contributed by atoms with Gasteiger partial charge in [0.15, 0.2) is 0 Å². The van der Waals surface area contributed by atoms with Gasteiger partial charge in [-0.05, 0) is 38.3 Å². The number of hydrogen-bond acceptors (Lipinski definition) is 4. The number of piperidine rings is 1. The van der Waals surface area contributed by atoms with E-state index < -0.39 is 0 Å². The van der Waals surface area contributed by atoms with Gasteiger partial charge in [-0.3, -0.25) is 14.6 Å². The van der Waals surface area contributed by atoms with Gasteiger partial charge in [-0.1, -0.05) is 37.5 Å². The molecule has 1 N–H and O–H groups in total. The lowest BCUT2D eigenvalue weighted by Crippen LogP contribution is -2.64. The SMILES string of the molecule is O=C(NC1CCCN(Cc2ccccc2F)C1)C1(N2CCOCC2)CCCCC1. The Morgan fingerprint density at radius 2 is 1.86 bits per heavy atom. The number of rotatable bonds is 5. The molecule has 3 aliphatic rings. The Morgan fingerprint density at radius 3 is 2.62 bits per heavy atom. The number of nitrogens with zero attached hydrogens (tertiary/aromatic N) is 2. The monoisotopic (exact) mass is 403 g/mol. The zero-order valence-corrected chi connectivity index (χ0v) is 17.4. The van der Waals surface area contributed by atoms with Crippen molar-refractivity contribution >= 4 is 5.91 Å². The lowest BCUT2D eigenvalue weighted by atomic mass is 9.78. The van der Waals surface area contributed by atoms with E-state index >= 15 is 0 Å². The molecule has 1 aliphatic carbocycles. The molecule has 1 atom stereocenters. The van der Waals surface area contributed by atoms with Crippen molar-refractivity contribution in [3.8, 4) is 0 Å². The Morgan fingerprint density at radius 1 is 1.10 bits per heavy atom. The highest BCUT2D eigenvalue weighted by atomic mass is 19.1. The van der Waals surface area contributed by atoms with Crippen molar-refractivity contribution in [2.24, 2.45) is 0 Å². The van der Waals surface area contributed by atoms with Gasteiger partial charge in [0.1, 0.15) is 11.4 Å². The summed E-state index contributed by atoms with van der Waals surface area (Å²) in [5.74, 6) is 0.0592. The molecule has 160 valence electrons. The number of carbonyl (C=O) groups is 1. The molecular formula is C23H34FN3O2. The summed E-state index contributed by atoms with van der Waals surface area (Å²) in [4.78, 5) is 18.2. The van der Waals surface area contributed by atoms with E-state index in [1.54, 1.807) is 6.07 Å². The topological polar surface area (TPSA) is 44.8 Å². The Balaban J connectivity index is 1.40. The maximum atomic E-state index is 14.0. The van der Waals surface area contributed by atoms with Gasteiger partial charge < -0.3 is 10.1 Å². The first-order chi connectivity index (χ1) is 14.2. The Hall–Kier alpha value is -1.50. The molecule has 0 aromatic heterocycles. The largest absolute Gasteiger partial charge is 0.379 e. The second-order valence-corrected chi connectivity index (χ2v) is 8.83. The molecule has 3 fully saturated rings. The second-order valence-electron chi connectivity index (χ2n) is 8.83. The van der Waals surface area contributed by atoms with E-state index in [2.05, 4.69) is 15.1 Å². The van der Waals surface area contributed by atoms with Gasteiger partial charge >= 0.3 is 0 Å². The minimum Gasteiger partial charge on any atom is -0.379 e. The van der Waals surface area contributed by atoms with E-state index in [0.29, 0.717) is 6.54 Å². The summed E-state index contributed by atoms with van der Waals surface area (Å²) in [6, 6.07) is 7.13. The number of benzene rings is 1. The van der Waals surface area contributed by atoms with Crippen molar-refractivity contribution in [3.05, 3.63) is 35.6 Å². The minimum absolute atomic E-state index is 0.142. The first-order valence-electron chi connectivity index (χ1n) is 11.3. The molecule has 2 saturated heterocycles. The zero-order chi connectivity index (χ0) is 20.1. The van der Waals surface area contributed by atoms with Gasteiger partial charge in [0.25, 0.3) is 0 Å². The molecule has 0 radical (unpaired) electrons. The molecule has 6 heteroatoms. The zero-order valence-electron chi connectivity index (χ0n) is 17.4. The van der Waals surface area contributed by atoms with Crippen LogP contribution >= 0.6 is 0 Å². The Bertz CT molecular complexity index is 686. The lowest BCUT2D eigenvalue weighted by Gasteiger charge is -2.47. The summed E-state index contributed by atoms with van der Waals surface area (Å²) >= 11 is 0. The highest BCUT2D eigenvalue weighted by Crippen LogP contribution is 2.35. The van der Waals surface area contributed by atoms with E-state index in [0.717, 1.165) is 83.5 Å². The van der Waals surface area contributed by atoms with E-state index in [4.69, 9.17) is 4.74 Å². The molecule has 4 rings (SSSR count). The third kappa shape index (κ3) is 4.81. The van der Waals surface area contributed by atoms with Crippen LogP contribution in [0.1, 0.15) is 50.5 Å². The number of morpholine rings is 1. The van der Waals surface area contributed by atoms with Crippen LogP contribution in [0, 0.1) is 5.82 Å². The molecule has 2 aliphatic heterocycles. The highest BCUT2D eigenvalue weighted by Gasteiger charge is 2.45. The molecule has 2 heterocycles. The maximum absolute atomic E-state index is 14.0.